The molecule has 1 aromatic rings. The molecule has 2 rings (SSSR count). The van der Waals surface area contributed by atoms with Gasteiger partial charge in [-0.05, 0) is 43.4 Å². The molecule has 116 valence electrons. The van der Waals surface area contributed by atoms with Crippen molar-refractivity contribution in [1.82, 2.24) is 0 Å². The predicted octanol–water partition coefficient (Wildman–Crippen LogP) is 2.72. The van der Waals surface area contributed by atoms with Crippen LogP contribution in [0, 0.1) is 5.92 Å². The van der Waals surface area contributed by atoms with Gasteiger partial charge in [-0.3, -0.25) is 0 Å². The number of rotatable bonds is 3. The molecule has 0 saturated heterocycles. The number of hydrogen-bond acceptors (Lipinski definition) is 4. The van der Waals surface area contributed by atoms with Crippen molar-refractivity contribution in [3.8, 4) is 0 Å². The smallest absolute Gasteiger partial charge is 0.339 e. The number of halogens is 1. The van der Waals surface area contributed by atoms with Crippen molar-refractivity contribution in [2.75, 3.05) is 0 Å². The lowest BCUT2D eigenvalue weighted by Crippen LogP contribution is -2.25. The highest BCUT2D eigenvalue weighted by Crippen LogP contribution is 2.28. The van der Waals surface area contributed by atoms with Crippen LogP contribution in [0.5, 0.6) is 0 Å². The van der Waals surface area contributed by atoms with Gasteiger partial charge >= 0.3 is 5.97 Å². The molecule has 1 aliphatic rings. The van der Waals surface area contributed by atoms with Gasteiger partial charge in [0.05, 0.1) is 15.5 Å². The van der Waals surface area contributed by atoms with Gasteiger partial charge in [0.25, 0.3) is 0 Å². The Bertz CT molecular complexity index is 644. The maximum atomic E-state index is 12.2. The molecule has 0 radical (unpaired) electrons. The molecule has 0 heterocycles. The summed E-state index contributed by atoms with van der Waals surface area (Å²) in [7, 11) is -3.88. The van der Waals surface area contributed by atoms with Crippen LogP contribution in [0.3, 0.4) is 0 Å². The van der Waals surface area contributed by atoms with E-state index in [9.17, 15) is 13.2 Å². The third-order valence-corrected chi connectivity index (χ3v) is 4.89. The first kappa shape index (κ1) is 16.3. The van der Waals surface area contributed by atoms with Gasteiger partial charge in [-0.15, -0.1) is 0 Å². The van der Waals surface area contributed by atoms with Crippen molar-refractivity contribution in [3.05, 3.63) is 28.8 Å². The maximum Gasteiger partial charge on any atom is 0.339 e. The number of carbonyl (C=O) groups is 1. The molecule has 1 fully saturated rings. The zero-order chi connectivity index (χ0) is 15.6. The maximum absolute atomic E-state index is 12.2. The molecule has 1 aromatic carbocycles. The first-order valence-electron chi connectivity index (χ1n) is 6.80. The largest absolute Gasteiger partial charge is 0.459 e. The fraction of sp³-hybridized carbons (Fsp3) is 0.500. The van der Waals surface area contributed by atoms with E-state index in [-0.39, 0.29) is 21.6 Å². The first-order valence-corrected chi connectivity index (χ1v) is 8.73. The first-order chi connectivity index (χ1) is 9.77. The lowest BCUT2D eigenvalue weighted by molar-refractivity contribution is 0.0155. The molecular formula is C14H18ClNO4S. The van der Waals surface area contributed by atoms with Gasteiger partial charge in [0, 0.05) is 0 Å². The zero-order valence-electron chi connectivity index (χ0n) is 11.7. The van der Waals surface area contributed by atoms with Crippen molar-refractivity contribution in [3.63, 3.8) is 0 Å². The number of ether oxygens (including phenoxy) is 1. The molecule has 7 heteroatoms. The van der Waals surface area contributed by atoms with Crippen LogP contribution in [0.4, 0.5) is 0 Å². The molecule has 2 atom stereocenters. The van der Waals surface area contributed by atoms with Gasteiger partial charge in [-0.1, -0.05) is 24.9 Å². The summed E-state index contributed by atoms with van der Waals surface area (Å²) >= 11 is 5.95. The van der Waals surface area contributed by atoms with Crippen molar-refractivity contribution in [1.29, 1.82) is 0 Å². The van der Waals surface area contributed by atoms with Gasteiger partial charge in [0.1, 0.15) is 6.10 Å². The summed E-state index contributed by atoms with van der Waals surface area (Å²) in [6, 6.07) is 3.75. The van der Waals surface area contributed by atoms with Crippen molar-refractivity contribution >= 4 is 27.6 Å². The Hall–Kier alpha value is -1.11. The lowest BCUT2D eigenvalue weighted by atomic mass is 9.89. The van der Waals surface area contributed by atoms with Crippen LogP contribution in [-0.2, 0) is 14.8 Å². The Labute approximate surface area is 129 Å². The average Bonchev–Trinajstić information content (AvgIpc) is 2.37. The second-order valence-corrected chi connectivity index (χ2v) is 7.45. The van der Waals surface area contributed by atoms with E-state index in [1.54, 1.807) is 0 Å². The summed E-state index contributed by atoms with van der Waals surface area (Å²) < 4.78 is 28.1. The molecule has 1 aliphatic carbocycles. The van der Waals surface area contributed by atoms with E-state index in [1.165, 1.54) is 12.1 Å². The second kappa shape index (κ2) is 6.34. The second-order valence-electron chi connectivity index (χ2n) is 5.49. The molecule has 2 N–H and O–H groups in total. The van der Waals surface area contributed by atoms with Crippen molar-refractivity contribution in [2.24, 2.45) is 11.1 Å². The summed E-state index contributed by atoms with van der Waals surface area (Å²) in [6.07, 6.45) is 3.65. The minimum atomic E-state index is -3.88. The highest BCUT2D eigenvalue weighted by atomic mass is 35.5. The number of nitrogens with two attached hydrogens (primary N) is 1. The van der Waals surface area contributed by atoms with Gasteiger partial charge in [-0.25, -0.2) is 18.4 Å². The van der Waals surface area contributed by atoms with E-state index in [2.05, 4.69) is 6.92 Å². The van der Waals surface area contributed by atoms with E-state index in [1.807, 2.05) is 0 Å². The van der Waals surface area contributed by atoms with E-state index in [4.69, 9.17) is 21.5 Å². The van der Waals surface area contributed by atoms with E-state index in [0.29, 0.717) is 5.92 Å². The third kappa shape index (κ3) is 4.18. The van der Waals surface area contributed by atoms with Gasteiger partial charge in [0.2, 0.25) is 10.0 Å². The van der Waals surface area contributed by atoms with Crippen LogP contribution in [0.25, 0.3) is 0 Å². The summed E-state index contributed by atoms with van der Waals surface area (Å²) in [5.74, 6) is -0.0904. The Morgan fingerprint density at radius 2 is 2.10 bits per heavy atom. The minimum absolute atomic E-state index is 0.0291. The minimum Gasteiger partial charge on any atom is -0.459 e. The van der Waals surface area contributed by atoms with Crippen molar-refractivity contribution in [2.45, 2.75) is 43.6 Å². The van der Waals surface area contributed by atoms with Crippen LogP contribution in [-0.4, -0.2) is 20.5 Å². The summed E-state index contributed by atoms with van der Waals surface area (Å²) in [5.41, 5.74) is 0.0291. The van der Waals surface area contributed by atoms with Gasteiger partial charge in [0.15, 0.2) is 0 Å². The molecular weight excluding hydrogens is 314 g/mol. The summed E-state index contributed by atoms with van der Waals surface area (Å²) in [6.45, 7) is 2.12. The standard InChI is InChI=1S/C14H18ClNO4S/c1-9-3-2-4-10(7-9)20-14(17)12-8-11(21(16,18)19)5-6-13(12)15/h5-6,8-10H,2-4,7H2,1H3,(H2,16,18,19). The number of benzene rings is 1. The number of sulfonamides is 1. The Kier molecular flexibility index (Phi) is 4.91. The SMILES string of the molecule is CC1CCCC(OC(=O)c2cc(S(N)(=O)=O)ccc2Cl)C1. The Morgan fingerprint density at radius 3 is 2.71 bits per heavy atom. The number of primary sulfonamides is 1. The number of esters is 1. The highest BCUT2D eigenvalue weighted by Gasteiger charge is 2.24. The third-order valence-electron chi connectivity index (χ3n) is 3.65. The van der Waals surface area contributed by atoms with E-state index < -0.39 is 16.0 Å². The highest BCUT2D eigenvalue weighted by molar-refractivity contribution is 7.89. The van der Waals surface area contributed by atoms with Gasteiger partial charge < -0.3 is 4.74 Å². The van der Waals surface area contributed by atoms with Crippen LogP contribution in [0.15, 0.2) is 23.1 Å². The molecule has 5 nitrogen and oxygen atoms in total. The predicted molar refractivity (Wildman–Crippen MR) is 79.7 cm³/mol. The van der Waals surface area contributed by atoms with Gasteiger partial charge in [-0.2, -0.15) is 0 Å². The summed E-state index contributed by atoms with van der Waals surface area (Å²) in [5, 5.41) is 5.20. The lowest BCUT2D eigenvalue weighted by Gasteiger charge is -2.26. The molecule has 1 saturated carbocycles. The van der Waals surface area contributed by atoms with Crippen LogP contribution in [0.2, 0.25) is 5.02 Å². The molecule has 21 heavy (non-hydrogen) atoms. The molecule has 0 amide bonds. The quantitative estimate of drug-likeness (QED) is 0.863. The van der Waals surface area contributed by atoms with Crippen LogP contribution < -0.4 is 5.14 Å². The van der Waals surface area contributed by atoms with Crippen LogP contribution >= 0.6 is 11.6 Å². The molecule has 0 spiro atoms. The molecule has 0 bridgehead atoms. The topological polar surface area (TPSA) is 86.5 Å². The molecule has 0 aromatic heterocycles. The zero-order valence-corrected chi connectivity index (χ0v) is 13.3. The van der Waals surface area contributed by atoms with Crippen molar-refractivity contribution < 1.29 is 17.9 Å². The monoisotopic (exact) mass is 331 g/mol. The summed E-state index contributed by atoms with van der Waals surface area (Å²) in [4.78, 5) is 12.0. The molecule has 2 unspecified atom stereocenters. The Morgan fingerprint density at radius 1 is 1.38 bits per heavy atom. The number of hydrogen-bond donors (Lipinski definition) is 1. The molecule has 0 aliphatic heterocycles. The normalized spacial score (nSPS) is 22.8. The average molecular weight is 332 g/mol. The van der Waals surface area contributed by atoms with Crippen LogP contribution in [0.1, 0.15) is 43.0 Å². The van der Waals surface area contributed by atoms with E-state index >= 15 is 0 Å². The fourth-order valence-corrected chi connectivity index (χ4v) is 3.27. The number of carbonyl (C=O) groups excluding carboxylic acids is 1. The van der Waals surface area contributed by atoms with E-state index in [0.717, 1.165) is 31.7 Å². The Balaban J connectivity index is 2.18. The fourth-order valence-electron chi connectivity index (χ4n) is 2.54.